The molecule has 8 heteroatoms. The van der Waals surface area contributed by atoms with Crippen molar-refractivity contribution in [3.63, 3.8) is 0 Å². The van der Waals surface area contributed by atoms with Gasteiger partial charge < -0.3 is 21.7 Å². The van der Waals surface area contributed by atoms with E-state index in [1.54, 1.807) is 27.7 Å². The van der Waals surface area contributed by atoms with Crippen LogP contribution in [0.15, 0.2) is 9.98 Å². The lowest BCUT2D eigenvalue weighted by molar-refractivity contribution is -0.142. The van der Waals surface area contributed by atoms with Gasteiger partial charge in [0.2, 0.25) is 0 Å². The van der Waals surface area contributed by atoms with E-state index in [0.717, 1.165) is 0 Å². The van der Waals surface area contributed by atoms with Gasteiger partial charge in [0, 0.05) is 13.1 Å². The van der Waals surface area contributed by atoms with Crippen LogP contribution in [0, 0.1) is 11.8 Å². The molecule has 0 aliphatic carbocycles. The molecule has 8 nitrogen and oxygen atoms in total. The third-order valence-corrected chi connectivity index (χ3v) is 2.69. The highest BCUT2D eigenvalue weighted by atomic mass is 16.4. The first-order chi connectivity index (χ1) is 10.1. The third kappa shape index (κ3) is 15.9. The predicted molar refractivity (Wildman–Crippen MR) is 87.2 cm³/mol. The van der Waals surface area contributed by atoms with Gasteiger partial charge in [-0.05, 0) is 26.7 Å². The van der Waals surface area contributed by atoms with Crippen LogP contribution in [0.25, 0.3) is 0 Å². The highest BCUT2D eigenvalue weighted by molar-refractivity contribution is 5.77. The van der Waals surface area contributed by atoms with E-state index in [4.69, 9.17) is 21.7 Å². The molecule has 2 atom stereocenters. The monoisotopic (exact) mass is 316 g/mol. The number of hydrogen-bond donors (Lipinski definition) is 4. The van der Waals surface area contributed by atoms with Gasteiger partial charge in [-0.15, -0.1) is 0 Å². The minimum atomic E-state index is -0.783. The maximum absolute atomic E-state index is 10.3. The molecule has 0 aromatic heterocycles. The first-order valence-corrected chi connectivity index (χ1v) is 7.06. The van der Waals surface area contributed by atoms with Crippen molar-refractivity contribution in [1.29, 1.82) is 0 Å². The standard InChI is InChI=1S/2C7H14N2O2/c2*1-5(7(10)11)3-4-9-6(2)8/h2*5H,3-4H2,1-2H3,(H2,8,9)(H,10,11)/t2*5-/m10/s1. The molecule has 0 aliphatic heterocycles. The van der Waals surface area contributed by atoms with Crippen LogP contribution in [0.5, 0.6) is 0 Å². The zero-order chi connectivity index (χ0) is 17.7. The molecule has 0 aromatic rings. The van der Waals surface area contributed by atoms with Crippen molar-refractivity contribution in [2.45, 2.75) is 40.5 Å². The zero-order valence-corrected chi connectivity index (χ0v) is 13.7. The highest BCUT2D eigenvalue weighted by Crippen LogP contribution is 2.01. The van der Waals surface area contributed by atoms with Crippen LogP contribution < -0.4 is 11.5 Å². The maximum atomic E-state index is 10.3. The lowest BCUT2D eigenvalue weighted by Crippen LogP contribution is -2.12. The fraction of sp³-hybridized carbons (Fsp3) is 0.714. The number of aliphatic carboxylic acids is 2. The summed E-state index contributed by atoms with van der Waals surface area (Å²) in [5.74, 6) is -1.23. The molecule has 0 unspecified atom stereocenters. The van der Waals surface area contributed by atoms with Gasteiger partial charge in [-0.1, -0.05) is 13.8 Å². The fourth-order valence-corrected chi connectivity index (χ4v) is 1.12. The molecule has 0 heterocycles. The Morgan fingerprint density at radius 3 is 1.32 bits per heavy atom. The number of amidine groups is 2. The number of carboxylic acids is 2. The van der Waals surface area contributed by atoms with Crippen molar-refractivity contribution in [3.05, 3.63) is 0 Å². The summed E-state index contributed by atoms with van der Waals surface area (Å²) in [6.45, 7) is 7.68. The summed E-state index contributed by atoms with van der Waals surface area (Å²) in [7, 11) is 0. The van der Waals surface area contributed by atoms with Gasteiger partial charge in [-0.25, -0.2) is 0 Å². The molecule has 0 bridgehead atoms. The van der Waals surface area contributed by atoms with Crippen LogP contribution in [0.1, 0.15) is 40.5 Å². The number of rotatable bonds is 8. The molecule has 0 fully saturated rings. The number of aliphatic imine (C=N–C) groups is 2. The number of carbonyl (C=O) groups is 2. The average Bonchev–Trinajstić information content (AvgIpc) is 2.38. The van der Waals surface area contributed by atoms with Gasteiger partial charge in [0.25, 0.3) is 0 Å². The highest BCUT2D eigenvalue weighted by Gasteiger charge is 2.09. The SMILES string of the molecule is CC(N)=NCC[C@@H](C)C(=O)O.CC(N)=NCC[C@H](C)C(=O)O. The van der Waals surface area contributed by atoms with E-state index < -0.39 is 11.9 Å². The first-order valence-electron chi connectivity index (χ1n) is 7.06. The van der Waals surface area contributed by atoms with Crippen LogP contribution in [0.3, 0.4) is 0 Å². The Labute approximate surface area is 131 Å². The molecule has 0 rings (SSSR count). The summed E-state index contributed by atoms with van der Waals surface area (Å²) in [6, 6.07) is 0. The molecule has 0 amide bonds. The quantitative estimate of drug-likeness (QED) is 0.386. The third-order valence-electron chi connectivity index (χ3n) is 2.69. The van der Waals surface area contributed by atoms with Crippen LogP contribution in [0.4, 0.5) is 0 Å². The Bertz CT molecular complexity index is 362. The molecule has 0 radical (unpaired) electrons. The fourth-order valence-electron chi connectivity index (χ4n) is 1.12. The largest absolute Gasteiger partial charge is 0.481 e. The lowest BCUT2D eigenvalue weighted by Gasteiger charge is -2.01. The predicted octanol–water partition coefficient (Wildman–Crippen LogP) is 0.949. The van der Waals surface area contributed by atoms with Crippen molar-refractivity contribution in [2.24, 2.45) is 33.3 Å². The zero-order valence-electron chi connectivity index (χ0n) is 13.7. The Morgan fingerprint density at radius 2 is 1.14 bits per heavy atom. The molecular weight excluding hydrogens is 288 g/mol. The van der Waals surface area contributed by atoms with Gasteiger partial charge in [0.15, 0.2) is 0 Å². The van der Waals surface area contributed by atoms with Crippen LogP contribution in [0.2, 0.25) is 0 Å². The van der Waals surface area contributed by atoms with Crippen molar-refractivity contribution >= 4 is 23.6 Å². The van der Waals surface area contributed by atoms with E-state index in [0.29, 0.717) is 37.6 Å². The van der Waals surface area contributed by atoms with Gasteiger partial charge in [-0.2, -0.15) is 0 Å². The molecule has 0 spiro atoms. The summed E-state index contributed by atoms with van der Waals surface area (Å²) < 4.78 is 0. The number of carboxylic acid groups (broad SMARTS) is 2. The molecule has 128 valence electrons. The van der Waals surface area contributed by atoms with E-state index in [9.17, 15) is 9.59 Å². The Balaban J connectivity index is 0. The van der Waals surface area contributed by atoms with E-state index in [1.807, 2.05) is 0 Å². The van der Waals surface area contributed by atoms with Crippen molar-refractivity contribution in [2.75, 3.05) is 13.1 Å². The second kappa shape index (κ2) is 12.6. The second-order valence-electron chi connectivity index (χ2n) is 5.10. The summed E-state index contributed by atoms with van der Waals surface area (Å²) >= 11 is 0. The number of nitrogens with two attached hydrogens (primary N) is 2. The first kappa shape index (κ1) is 22.2. The van der Waals surface area contributed by atoms with E-state index in [2.05, 4.69) is 9.98 Å². The number of hydrogen-bond acceptors (Lipinski definition) is 4. The molecule has 0 saturated heterocycles. The summed E-state index contributed by atoms with van der Waals surface area (Å²) in [5.41, 5.74) is 10.5. The molecule has 0 saturated carbocycles. The van der Waals surface area contributed by atoms with E-state index in [1.165, 1.54) is 0 Å². The van der Waals surface area contributed by atoms with Crippen LogP contribution in [-0.4, -0.2) is 46.9 Å². The Hall–Kier alpha value is -2.12. The number of nitrogens with zero attached hydrogens (tertiary/aromatic N) is 2. The summed E-state index contributed by atoms with van der Waals surface area (Å²) in [4.78, 5) is 28.3. The Kier molecular flexibility index (Phi) is 12.7. The summed E-state index contributed by atoms with van der Waals surface area (Å²) in [6.07, 6.45) is 1.09. The lowest BCUT2D eigenvalue weighted by atomic mass is 10.1. The van der Waals surface area contributed by atoms with Crippen LogP contribution >= 0.6 is 0 Å². The molecular formula is C14H28N4O4. The second-order valence-corrected chi connectivity index (χ2v) is 5.10. The Morgan fingerprint density at radius 1 is 0.864 bits per heavy atom. The van der Waals surface area contributed by atoms with Crippen LogP contribution in [-0.2, 0) is 9.59 Å². The molecule has 22 heavy (non-hydrogen) atoms. The molecule has 0 aliphatic rings. The van der Waals surface area contributed by atoms with Crippen molar-refractivity contribution < 1.29 is 19.8 Å². The van der Waals surface area contributed by atoms with E-state index in [-0.39, 0.29) is 11.8 Å². The minimum Gasteiger partial charge on any atom is -0.481 e. The smallest absolute Gasteiger partial charge is 0.306 e. The van der Waals surface area contributed by atoms with Gasteiger partial charge in [0.1, 0.15) is 0 Å². The average molecular weight is 316 g/mol. The minimum absolute atomic E-state index is 0.335. The maximum Gasteiger partial charge on any atom is 0.306 e. The van der Waals surface area contributed by atoms with Crippen molar-refractivity contribution in [1.82, 2.24) is 0 Å². The molecule has 6 N–H and O–H groups in total. The van der Waals surface area contributed by atoms with Gasteiger partial charge >= 0.3 is 11.9 Å². The molecule has 0 aromatic carbocycles. The summed E-state index contributed by atoms with van der Waals surface area (Å²) in [5, 5.41) is 16.9. The van der Waals surface area contributed by atoms with Crippen molar-refractivity contribution in [3.8, 4) is 0 Å². The van der Waals surface area contributed by atoms with E-state index >= 15 is 0 Å². The van der Waals surface area contributed by atoms with Gasteiger partial charge in [0.05, 0.1) is 23.5 Å². The topological polar surface area (TPSA) is 151 Å². The normalized spacial score (nSPS) is 14.5. The van der Waals surface area contributed by atoms with Gasteiger partial charge in [-0.3, -0.25) is 19.6 Å².